The lowest BCUT2D eigenvalue weighted by Gasteiger charge is -2.26. The average molecular weight is 234 g/mol. The largest absolute Gasteiger partial charge is 0.338 e. The summed E-state index contributed by atoms with van der Waals surface area (Å²) in [7, 11) is 0. The number of alkyl halides is 1. The van der Waals surface area contributed by atoms with Gasteiger partial charge in [0.25, 0.3) is 0 Å². The highest BCUT2D eigenvalue weighted by Crippen LogP contribution is 2.18. The van der Waals surface area contributed by atoms with Gasteiger partial charge in [-0.3, -0.25) is 4.79 Å². The first kappa shape index (κ1) is 11.7. The molecule has 12 heavy (non-hydrogen) atoms. The van der Waals surface area contributed by atoms with Crippen molar-refractivity contribution in [3.63, 3.8) is 0 Å². The van der Waals surface area contributed by atoms with Crippen LogP contribution in [-0.4, -0.2) is 28.2 Å². The number of carbonyl (C=O) groups is 1. The minimum atomic E-state index is -0.466. The summed E-state index contributed by atoms with van der Waals surface area (Å²) < 4.78 is -0.466. The molecular weight excluding hydrogens is 218 g/mol. The molecule has 0 bridgehead atoms. The number of rotatable bonds is 4. The van der Waals surface area contributed by atoms with E-state index in [1.807, 2.05) is 20.8 Å². The van der Waals surface area contributed by atoms with E-state index < -0.39 is 4.32 Å². The molecule has 0 radical (unpaired) electrons. The molecule has 0 spiro atoms. The Balaban J connectivity index is 4.31. The molecule has 0 rings (SSSR count). The molecule has 0 aliphatic rings. The van der Waals surface area contributed by atoms with Gasteiger partial charge in [-0.25, -0.2) is 0 Å². The SMILES string of the molecule is C=CCN(CC)C(=O)C(C)(C)Br. The standard InChI is InChI=1S/C9H16BrNO/c1-5-7-11(6-2)8(12)9(3,4)10/h5H,1,6-7H2,2-4H3. The van der Waals surface area contributed by atoms with E-state index in [4.69, 9.17) is 0 Å². The van der Waals surface area contributed by atoms with Crippen molar-refractivity contribution in [1.82, 2.24) is 4.90 Å². The van der Waals surface area contributed by atoms with Crippen LogP contribution in [0.2, 0.25) is 0 Å². The molecule has 0 aliphatic heterocycles. The van der Waals surface area contributed by atoms with Crippen molar-refractivity contribution < 1.29 is 4.79 Å². The summed E-state index contributed by atoms with van der Waals surface area (Å²) in [6.45, 7) is 10.6. The van der Waals surface area contributed by atoms with Crippen LogP contribution < -0.4 is 0 Å². The van der Waals surface area contributed by atoms with Gasteiger partial charge in [0.15, 0.2) is 0 Å². The van der Waals surface area contributed by atoms with Crippen LogP contribution in [0.25, 0.3) is 0 Å². The lowest BCUT2D eigenvalue weighted by atomic mass is 10.2. The van der Waals surface area contributed by atoms with Crippen LogP contribution in [0.5, 0.6) is 0 Å². The zero-order valence-corrected chi connectivity index (χ0v) is 9.52. The fourth-order valence-corrected chi connectivity index (χ4v) is 1.14. The van der Waals surface area contributed by atoms with E-state index in [0.717, 1.165) is 6.54 Å². The second kappa shape index (κ2) is 4.65. The number of amides is 1. The predicted octanol–water partition coefficient (Wildman–Crippen LogP) is 2.19. The van der Waals surface area contributed by atoms with Crippen molar-refractivity contribution >= 4 is 21.8 Å². The van der Waals surface area contributed by atoms with Gasteiger partial charge in [-0.2, -0.15) is 0 Å². The zero-order valence-electron chi connectivity index (χ0n) is 7.93. The second-order valence-electron chi connectivity index (χ2n) is 3.10. The maximum Gasteiger partial charge on any atom is 0.239 e. The van der Waals surface area contributed by atoms with Crippen molar-refractivity contribution in [2.45, 2.75) is 25.1 Å². The fourth-order valence-electron chi connectivity index (χ4n) is 0.887. The van der Waals surface area contributed by atoms with Crippen LogP contribution in [0, 0.1) is 0 Å². The number of hydrogen-bond acceptors (Lipinski definition) is 1. The molecule has 70 valence electrons. The van der Waals surface area contributed by atoms with Gasteiger partial charge in [0, 0.05) is 13.1 Å². The third-order valence-corrected chi connectivity index (χ3v) is 1.87. The molecule has 0 aliphatic carbocycles. The average Bonchev–Trinajstić information content (AvgIpc) is 1.97. The van der Waals surface area contributed by atoms with E-state index in [-0.39, 0.29) is 5.91 Å². The molecule has 0 N–H and O–H groups in total. The third kappa shape index (κ3) is 3.39. The van der Waals surface area contributed by atoms with E-state index in [2.05, 4.69) is 22.5 Å². The Labute approximate surface area is 82.8 Å². The van der Waals surface area contributed by atoms with Crippen molar-refractivity contribution in [3.8, 4) is 0 Å². The molecule has 0 aromatic carbocycles. The number of hydrogen-bond donors (Lipinski definition) is 0. The van der Waals surface area contributed by atoms with Gasteiger partial charge in [-0.1, -0.05) is 22.0 Å². The van der Waals surface area contributed by atoms with Crippen LogP contribution in [0.1, 0.15) is 20.8 Å². The normalized spacial score (nSPS) is 11.0. The summed E-state index contributed by atoms with van der Waals surface area (Å²) in [6, 6.07) is 0. The lowest BCUT2D eigenvalue weighted by Crippen LogP contribution is -2.41. The number of likely N-dealkylation sites (N-methyl/N-ethyl adjacent to an activating group) is 1. The first-order valence-corrected chi connectivity index (χ1v) is 4.82. The highest BCUT2D eigenvalue weighted by molar-refractivity contribution is 9.10. The molecule has 0 unspecified atom stereocenters. The molecular formula is C9H16BrNO. The molecule has 0 atom stereocenters. The monoisotopic (exact) mass is 233 g/mol. The Kier molecular flexibility index (Phi) is 4.53. The summed E-state index contributed by atoms with van der Waals surface area (Å²) in [5.41, 5.74) is 0. The van der Waals surface area contributed by atoms with Crippen LogP contribution in [0.3, 0.4) is 0 Å². The van der Waals surface area contributed by atoms with Crippen LogP contribution in [0.15, 0.2) is 12.7 Å². The highest BCUT2D eigenvalue weighted by Gasteiger charge is 2.27. The van der Waals surface area contributed by atoms with Crippen molar-refractivity contribution in [3.05, 3.63) is 12.7 Å². The predicted molar refractivity (Wildman–Crippen MR) is 55.5 cm³/mol. The van der Waals surface area contributed by atoms with Crippen molar-refractivity contribution in [2.24, 2.45) is 0 Å². The number of carbonyl (C=O) groups excluding carboxylic acids is 1. The lowest BCUT2D eigenvalue weighted by molar-refractivity contribution is -0.132. The first-order chi connectivity index (χ1) is 5.43. The van der Waals surface area contributed by atoms with Gasteiger partial charge in [-0.05, 0) is 20.8 Å². The maximum absolute atomic E-state index is 11.6. The highest BCUT2D eigenvalue weighted by atomic mass is 79.9. The molecule has 0 fully saturated rings. The van der Waals surface area contributed by atoms with Gasteiger partial charge in [0.05, 0.1) is 4.32 Å². The van der Waals surface area contributed by atoms with Gasteiger partial charge < -0.3 is 4.90 Å². The van der Waals surface area contributed by atoms with Crippen LogP contribution in [0.4, 0.5) is 0 Å². The quantitative estimate of drug-likeness (QED) is 0.539. The smallest absolute Gasteiger partial charge is 0.239 e. The van der Waals surface area contributed by atoms with E-state index in [1.165, 1.54) is 0 Å². The third-order valence-electron chi connectivity index (χ3n) is 1.53. The topological polar surface area (TPSA) is 20.3 Å². The minimum absolute atomic E-state index is 0.102. The van der Waals surface area contributed by atoms with Gasteiger partial charge in [0.1, 0.15) is 0 Å². The molecule has 3 heteroatoms. The van der Waals surface area contributed by atoms with Gasteiger partial charge in [-0.15, -0.1) is 6.58 Å². The van der Waals surface area contributed by atoms with Crippen LogP contribution >= 0.6 is 15.9 Å². The molecule has 1 amide bonds. The van der Waals surface area contributed by atoms with E-state index in [9.17, 15) is 4.79 Å². The summed E-state index contributed by atoms with van der Waals surface area (Å²) in [6.07, 6.45) is 1.74. The van der Waals surface area contributed by atoms with Crippen molar-refractivity contribution in [2.75, 3.05) is 13.1 Å². The number of nitrogens with zero attached hydrogens (tertiary/aromatic N) is 1. The molecule has 0 saturated carbocycles. The zero-order chi connectivity index (χ0) is 9.78. The first-order valence-electron chi connectivity index (χ1n) is 4.02. The van der Waals surface area contributed by atoms with Crippen molar-refractivity contribution in [1.29, 1.82) is 0 Å². The Morgan fingerprint density at radius 1 is 1.67 bits per heavy atom. The molecule has 0 aromatic heterocycles. The minimum Gasteiger partial charge on any atom is -0.338 e. The Bertz CT molecular complexity index is 172. The Hall–Kier alpha value is -0.310. The maximum atomic E-state index is 11.6. The summed E-state index contributed by atoms with van der Waals surface area (Å²) in [4.78, 5) is 13.4. The molecule has 0 heterocycles. The fraction of sp³-hybridized carbons (Fsp3) is 0.667. The summed E-state index contributed by atoms with van der Waals surface area (Å²) in [5.74, 6) is 0.102. The van der Waals surface area contributed by atoms with E-state index in [1.54, 1.807) is 11.0 Å². The Morgan fingerprint density at radius 2 is 2.17 bits per heavy atom. The van der Waals surface area contributed by atoms with Crippen LogP contribution in [-0.2, 0) is 4.79 Å². The number of halogens is 1. The second-order valence-corrected chi connectivity index (χ2v) is 5.09. The van der Waals surface area contributed by atoms with E-state index in [0.29, 0.717) is 6.54 Å². The van der Waals surface area contributed by atoms with Gasteiger partial charge >= 0.3 is 0 Å². The van der Waals surface area contributed by atoms with Gasteiger partial charge in [0.2, 0.25) is 5.91 Å². The molecule has 0 aromatic rings. The van der Waals surface area contributed by atoms with E-state index >= 15 is 0 Å². The Morgan fingerprint density at radius 3 is 2.42 bits per heavy atom. The molecule has 2 nitrogen and oxygen atoms in total. The summed E-state index contributed by atoms with van der Waals surface area (Å²) in [5, 5.41) is 0. The molecule has 0 saturated heterocycles. The summed E-state index contributed by atoms with van der Waals surface area (Å²) >= 11 is 3.33.